The van der Waals surface area contributed by atoms with Crippen molar-refractivity contribution in [1.82, 2.24) is 9.38 Å². The lowest BCUT2D eigenvalue weighted by Gasteiger charge is -2.06. The Bertz CT molecular complexity index is 766. The summed E-state index contributed by atoms with van der Waals surface area (Å²) >= 11 is 0. The van der Waals surface area contributed by atoms with Crippen molar-refractivity contribution >= 4 is 11.6 Å². The van der Waals surface area contributed by atoms with E-state index in [2.05, 4.69) is 4.98 Å². The first-order valence-corrected chi connectivity index (χ1v) is 6.50. The number of esters is 1. The molecule has 3 rings (SSSR count). The molecule has 0 saturated heterocycles. The van der Waals surface area contributed by atoms with Crippen molar-refractivity contribution in [2.45, 2.75) is 6.61 Å². The molecule has 0 atom stereocenters. The van der Waals surface area contributed by atoms with Gasteiger partial charge in [0, 0.05) is 6.20 Å². The van der Waals surface area contributed by atoms with Gasteiger partial charge in [-0.1, -0.05) is 18.2 Å². The fourth-order valence-corrected chi connectivity index (χ4v) is 2.05. The molecule has 0 aliphatic heterocycles. The van der Waals surface area contributed by atoms with Crippen molar-refractivity contribution < 1.29 is 14.3 Å². The number of para-hydroxylation sites is 1. The Morgan fingerprint density at radius 2 is 2.00 bits per heavy atom. The maximum atomic E-state index is 11.6. The van der Waals surface area contributed by atoms with Crippen LogP contribution in [0.25, 0.3) is 5.65 Å². The molecular formula is C16H14N2O3. The second-order valence-electron chi connectivity index (χ2n) is 4.49. The van der Waals surface area contributed by atoms with Crippen LogP contribution in [0.3, 0.4) is 0 Å². The van der Waals surface area contributed by atoms with Gasteiger partial charge in [0.05, 0.1) is 24.6 Å². The second-order valence-corrected chi connectivity index (χ2v) is 4.49. The molecule has 0 N–H and O–H groups in total. The maximum absolute atomic E-state index is 11.6. The van der Waals surface area contributed by atoms with E-state index in [1.807, 2.05) is 34.7 Å². The summed E-state index contributed by atoms with van der Waals surface area (Å²) < 4.78 is 12.3. The number of imidazole rings is 1. The number of methoxy groups -OCH3 is 1. The molecule has 0 bridgehead atoms. The van der Waals surface area contributed by atoms with Crippen LogP contribution in [0.4, 0.5) is 0 Å². The molecule has 2 aromatic heterocycles. The molecule has 106 valence electrons. The summed E-state index contributed by atoms with van der Waals surface area (Å²) in [5, 5.41) is 0. The number of nitrogens with zero attached hydrogens (tertiary/aromatic N) is 2. The summed E-state index contributed by atoms with van der Waals surface area (Å²) in [5.41, 5.74) is 2.10. The number of hydrogen-bond donors (Lipinski definition) is 0. The Morgan fingerprint density at radius 3 is 2.76 bits per heavy atom. The summed E-state index contributed by atoms with van der Waals surface area (Å²) in [5.74, 6) is 0.414. The largest absolute Gasteiger partial charge is 0.487 e. The minimum absolute atomic E-state index is 0.371. The molecule has 0 saturated carbocycles. The molecule has 2 heterocycles. The summed E-state index contributed by atoms with van der Waals surface area (Å²) in [4.78, 5) is 15.9. The van der Waals surface area contributed by atoms with Gasteiger partial charge >= 0.3 is 5.97 Å². The first-order valence-electron chi connectivity index (χ1n) is 6.50. The quantitative estimate of drug-likeness (QED) is 0.690. The molecule has 21 heavy (non-hydrogen) atoms. The number of pyridine rings is 1. The number of ether oxygens (including phenoxy) is 2. The highest BCUT2D eigenvalue weighted by Gasteiger charge is 2.09. The van der Waals surface area contributed by atoms with Crippen LogP contribution in [-0.4, -0.2) is 22.5 Å². The van der Waals surface area contributed by atoms with E-state index in [1.54, 1.807) is 24.5 Å². The lowest BCUT2D eigenvalue weighted by Crippen LogP contribution is -2.05. The number of rotatable bonds is 4. The van der Waals surface area contributed by atoms with E-state index in [9.17, 15) is 4.79 Å². The fraction of sp³-hybridized carbons (Fsp3) is 0.125. The Balaban J connectivity index is 1.86. The van der Waals surface area contributed by atoms with Crippen molar-refractivity contribution in [3.63, 3.8) is 0 Å². The third-order valence-electron chi connectivity index (χ3n) is 3.13. The molecular weight excluding hydrogens is 268 g/mol. The SMILES string of the molecule is COC(=O)c1ccc2ncc(COc3ccccc3)n2c1. The number of fused-ring (bicyclic) bond motifs is 1. The van der Waals surface area contributed by atoms with Crippen molar-refractivity contribution in [2.24, 2.45) is 0 Å². The van der Waals surface area contributed by atoms with E-state index < -0.39 is 0 Å². The average molecular weight is 282 g/mol. The predicted octanol–water partition coefficient (Wildman–Crippen LogP) is 2.70. The van der Waals surface area contributed by atoms with Crippen molar-refractivity contribution in [3.05, 3.63) is 66.1 Å². The van der Waals surface area contributed by atoms with Crippen LogP contribution in [-0.2, 0) is 11.3 Å². The van der Waals surface area contributed by atoms with Gasteiger partial charge in [0.15, 0.2) is 0 Å². The molecule has 1 aromatic carbocycles. The Morgan fingerprint density at radius 1 is 1.19 bits per heavy atom. The summed E-state index contributed by atoms with van der Waals surface area (Å²) in [7, 11) is 1.36. The van der Waals surface area contributed by atoms with Gasteiger partial charge in [-0.2, -0.15) is 0 Å². The van der Waals surface area contributed by atoms with Crippen LogP contribution in [0.2, 0.25) is 0 Å². The van der Waals surface area contributed by atoms with Gasteiger partial charge < -0.3 is 9.47 Å². The highest BCUT2D eigenvalue weighted by molar-refractivity contribution is 5.89. The molecule has 0 aliphatic rings. The smallest absolute Gasteiger partial charge is 0.339 e. The second kappa shape index (κ2) is 5.66. The molecule has 5 heteroatoms. The first-order chi connectivity index (χ1) is 10.3. The average Bonchev–Trinajstić information content (AvgIpc) is 2.95. The number of carbonyl (C=O) groups excluding carboxylic acids is 1. The summed E-state index contributed by atoms with van der Waals surface area (Å²) in [6, 6.07) is 13.0. The van der Waals surface area contributed by atoms with Gasteiger partial charge in [-0.15, -0.1) is 0 Å². The van der Waals surface area contributed by atoms with Crippen LogP contribution >= 0.6 is 0 Å². The maximum Gasteiger partial charge on any atom is 0.339 e. The molecule has 0 aliphatic carbocycles. The van der Waals surface area contributed by atoms with Crippen molar-refractivity contribution in [1.29, 1.82) is 0 Å². The van der Waals surface area contributed by atoms with Gasteiger partial charge in [-0.05, 0) is 24.3 Å². The highest BCUT2D eigenvalue weighted by Crippen LogP contribution is 2.14. The van der Waals surface area contributed by atoms with Gasteiger partial charge in [-0.25, -0.2) is 9.78 Å². The van der Waals surface area contributed by atoms with Gasteiger partial charge in [-0.3, -0.25) is 4.40 Å². The Labute approximate surface area is 121 Å². The number of benzene rings is 1. The zero-order valence-electron chi connectivity index (χ0n) is 11.5. The van der Waals surface area contributed by atoms with Gasteiger partial charge in [0.25, 0.3) is 0 Å². The number of aromatic nitrogens is 2. The number of hydrogen-bond acceptors (Lipinski definition) is 4. The third-order valence-corrected chi connectivity index (χ3v) is 3.13. The van der Waals surface area contributed by atoms with E-state index in [-0.39, 0.29) is 5.97 Å². The first kappa shape index (κ1) is 13.2. The molecule has 0 unspecified atom stereocenters. The fourth-order valence-electron chi connectivity index (χ4n) is 2.05. The number of carbonyl (C=O) groups is 1. The molecule has 0 spiro atoms. The Kier molecular flexibility index (Phi) is 3.55. The summed E-state index contributed by atoms with van der Waals surface area (Å²) in [6.45, 7) is 0.371. The zero-order valence-corrected chi connectivity index (χ0v) is 11.5. The monoisotopic (exact) mass is 282 g/mol. The van der Waals surface area contributed by atoms with Gasteiger partial charge in [0.1, 0.15) is 18.0 Å². The van der Waals surface area contributed by atoms with E-state index in [4.69, 9.17) is 9.47 Å². The molecule has 3 aromatic rings. The van der Waals surface area contributed by atoms with E-state index >= 15 is 0 Å². The topological polar surface area (TPSA) is 52.8 Å². The highest BCUT2D eigenvalue weighted by atomic mass is 16.5. The lowest BCUT2D eigenvalue weighted by atomic mass is 10.3. The van der Waals surface area contributed by atoms with Crippen LogP contribution in [0.15, 0.2) is 54.9 Å². The molecule has 0 radical (unpaired) electrons. The molecule has 0 amide bonds. The van der Waals surface area contributed by atoms with E-state index in [0.717, 1.165) is 17.1 Å². The molecule has 5 nitrogen and oxygen atoms in total. The third kappa shape index (κ3) is 2.72. The van der Waals surface area contributed by atoms with Crippen molar-refractivity contribution in [2.75, 3.05) is 7.11 Å². The normalized spacial score (nSPS) is 10.5. The van der Waals surface area contributed by atoms with Gasteiger partial charge in [0.2, 0.25) is 0 Å². The van der Waals surface area contributed by atoms with Crippen LogP contribution in [0, 0.1) is 0 Å². The standard InChI is InChI=1S/C16H14N2O3/c1-20-16(19)12-7-8-15-17-9-13(18(15)10-12)11-21-14-5-3-2-4-6-14/h2-10H,11H2,1H3. The van der Waals surface area contributed by atoms with E-state index in [0.29, 0.717) is 12.2 Å². The minimum atomic E-state index is -0.375. The predicted molar refractivity (Wildman–Crippen MR) is 77.3 cm³/mol. The minimum Gasteiger partial charge on any atom is -0.487 e. The van der Waals surface area contributed by atoms with Crippen LogP contribution < -0.4 is 4.74 Å². The van der Waals surface area contributed by atoms with Crippen LogP contribution in [0.5, 0.6) is 5.75 Å². The molecule has 0 fully saturated rings. The zero-order chi connectivity index (χ0) is 14.7. The lowest BCUT2D eigenvalue weighted by molar-refractivity contribution is 0.0600. The van der Waals surface area contributed by atoms with E-state index in [1.165, 1.54) is 7.11 Å². The van der Waals surface area contributed by atoms with Crippen molar-refractivity contribution in [3.8, 4) is 5.75 Å². The summed E-state index contributed by atoms with van der Waals surface area (Å²) in [6.07, 6.45) is 3.44. The Hall–Kier alpha value is -2.82. The van der Waals surface area contributed by atoms with Crippen LogP contribution in [0.1, 0.15) is 16.1 Å².